The van der Waals surface area contributed by atoms with Crippen molar-refractivity contribution < 1.29 is 4.74 Å². The van der Waals surface area contributed by atoms with E-state index in [4.69, 9.17) is 4.74 Å². The Morgan fingerprint density at radius 3 is 2.90 bits per heavy atom. The molecular formula is C17H24N2O. The van der Waals surface area contributed by atoms with Crippen LogP contribution >= 0.6 is 0 Å². The van der Waals surface area contributed by atoms with Gasteiger partial charge in [-0.25, -0.2) is 0 Å². The Hall–Kier alpha value is -1.37. The highest BCUT2D eigenvalue weighted by molar-refractivity contribution is 5.13. The minimum Gasteiger partial charge on any atom is -0.377 e. The Bertz CT molecular complexity index is 440. The van der Waals surface area contributed by atoms with Crippen LogP contribution in [-0.2, 0) is 11.3 Å². The lowest BCUT2D eigenvalue weighted by Crippen LogP contribution is -2.41. The van der Waals surface area contributed by atoms with Gasteiger partial charge in [0.05, 0.1) is 18.1 Å². The first kappa shape index (κ1) is 15.0. The van der Waals surface area contributed by atoms with Crippen LogP contribution < -0.4 is 0 Å². The van der Waals surface area contributed by atoms with Crippen molar-refractivity contribution in [3.63, 3.8) is 0 Å². The van der Waals surface area contributed by atoms with Crippen LogP contribution in [0.2, 0.25) is 0 Å². The van der Waals surface area contributed by atoms with Gasteiger partial charge in [0.25, 0.3) is 0 Å². The SMILES string of the molecule is CC1(C#N)CCCN(CCCOCc2ccccc2)C1. The Morgan fingerprint density at radius 1 is 1.35 bits per heavy atom. The predicted octanol–water partition coefficient (Wildman–Crippen LogP) is 3.22. The quantitative estimate of drug-likeness (QED) is 0.746. The fourth-order valence-electron chi connectivity index (χ4n) is 2.78. The summed E-state index contributed by atoms with van der Waals surface area (Å²) in [6.45, 7) is 6.61. The van der Waals surface area contributed by atoms with Crippen molar-refractivity contribution in [1.29, 1.82) is 5.26 Å². The molecule has 20 heavy (non-hydrogen) atoms. The number of piperidine rings is 1. The minimum absolute atomic E-state index is 0.150. The third-order valence-electron chi connectivity index (χ3n) is 3.92. The Labute approximate surface area is 122 Å². The number of likely N-dealkylation sites (tertiary alicyclic amines) is 1. The number of benzene rings is 1. The molecule has 0 aliphatic carbocycles. The van der Waals surface area contributed by atoms with E-state index in [0.717, 1.165) is 45.5 Å². The normalized spacial score (nSPS) is 23.4. The van der Waals surface area contributed by atoms with Crippen molar-refractivity contribution in [2.24, 2.45) is 5.41 Å². The van der Waals surface area contributed by atoms with Gasteiger partial charge >= 0.3 is 0 Å². The van der Waals surface area contributed by atoms with Crippen LogP contribution in [0.4, 0.5) is 0 Å². The molecule has 0 bridgehead atoms. The van der Waals surface area contributed by atoms with E-state index in [1.165, 1.54) is 5.56 Å². The molecule has 1 unspecified atom stereocenters. The fourth-order valence-corrected chi connectivity index (χ4v) is 2.78. The molecule has 0 saturated carbocycles. The zero-order chi connectivity index (χ0) is 14.3. The number of rotatable bonds is 6. The summed E-state index contributed by atoms with van der Waals surface area (Å²) in [6.07, 6.45) is 3.20. The zero-order valence-electron chi connectivity index (χ0n) is 12.3. The van der Waals surface area contributed by atoms with E-state index in [-0.39, 0.29) is 5.41 Å². The summed E-state index contributed by atoms with van der Waals surface area (Å²) in [5.74, 6) is 0. The van der Waals surface area contributed by atoms with Gasteiger partial charge in [-0.05, 0) is 38.3 Å². The predicted molar refractivity (Wildman–Crippen MR) is 80.1 cm³/mol. The molecule has 108 valence electrons. The van der Waals surface area contributed by atoms with E-state index in [9.17, 15) is 5.26 Å². The molecule has 0 radical (unpaired) electrons. The molecular weight excluding hydrogens is 248 g/mol. The highest BCUT2D eigenvalue weighted by Crippen LogP contribution is 2.28. The van der Waals surface area contributed by atoms with Crippen LogP contribution in [0.5, 0.6) is 0 Å². The zero-order valence-corrected chi connectivity index (χ0v) is 12.3. The van der Waals surface area contributed by atoms with E-state index in [1.54, 1.807) is 0 Å². The Morgan fingerprint density at radius 2 is 2.15 bits per heavy atom. The van der Waals surface area contributed by atoms with Gasteiger partial charge in [-0.15, -0.1) is 0 Å². The molecule has 1 heterocycles. The number of hydrogen-bond acceptors (Lipinski definition) is 3. The van der Waals surface area contributed by atoms with E-state index < -0.39 is 0 Å². The van der Waals surface area contributed by atoms with E-state index in [0.29, 0.717) is 6.61 Å². The van der Waals surface area contributed by atoms with Gasteiger partial charge in [0.15, 0.2) is 0 Å². The lowest BCUT2D eigenvalue weighted by atomic mass is 9.83. The molecule has 3 heteroatoms. The topological polar surface area (TPSA) is 36.3 Å². The van der Waals surface area contributed by atoms with Gasteiger partial charge in [0.1, 0.15) is 0 Å². The average Bonchev–Trinajstić information content (AvgIpc) is 2.48. The molecule has 1 aromatic carbocycles. The second-order valence-electron chi connectivity index (χ2n) is 5.94. The molecule has 1 aromatic rings. The second kappa shape index (κ2) is 7.42. The summed E-state index contributed by atoms with van der Waals surface area (Å²) >= 11 is 0. The average molecular weight is 272 g/mol. The summed E-state index contributed by atoms with van der Waals surface area (Å²) in [4.78, 5) is 2.40. The molecule has 1 fully saturated rings. The number of ether oxygens (including phenoxy) is 1. The third-order valence-corrected chi connectivity index (χ3v) is 3.92. The molecule has 0 amide bonds. The smallest absolute Gasteiger partial charge is 0.0716 e. The molecule has 3 nitrogen and oxygen atoms in total. The van der Waals surface area contributed by atoms with Crippen molar-refractivity contribution in [1.82, 2.24) is 4.90 Å². The second-order valence-corrected chi connectivity index (χ2v) is 5.94. The summed E-state index contributed by atoms with van der Waals surface area (Å²) in [5, 5.41) is 9.20. The highest BCUT2D eigenvalue weighted by Gasteiger charge is 2.30. The van der Waals surface area contributed by atoms with Crippen LogP contribution in [0.25, 0.3) is 0 Å². The van der Waals surface area contributed by atoms with Crippen LogP contribution in [-0.4, -0.2) is 31.1 Å². The molecule has 1 aliphatic rings. The largest absolute Gasteiger partial charge is 0.377 e. The lowest BCUT2D eigenvalue weighted by Gasteiger charge is -2.35. The van der Waals surface area contributed by atoms with Gasteiger partial charge < -0.3 is 9.64 Å². The van der Waals surface area contributed by atoms with Crippen LogP contribution in [0, 0.1) is 16.7 Å². The molecule has 1 aliphatic heterocycles. The van der Waals surface area contributed by atoms with Crippen molar-refractivity contribution in [3.8, 4) is 6.07 Å². The maximum absolute atomic E-state index is 9.20. The van der Waals surface area contributed by atoms with E-state index >= 15 is 0 Å². The van der Waals surface area contributed by atoms with Crippen molar-refractivity contribution >= 4 is 0 Å². The number of nitriles is 1. The Kier molecular flexibility index (Phi) is 5.58. The van der Waals surface area contributed by atoms with Gasteiger partial charge in [-0.3, -0.25) is 0 Å². The first-order valence-corrected chi connectivity index (χ1v) is 7.47. The summed E-state index contributed by atoms with van der Waals surface area (Å²) in [7, 11) is 0. The first-order valence-electron chi connectivity index (χ1n) is 7.47. The summed E-state index contributed by atoms with van der Waals surface area (Å²) < 4.78 is 5.70. The standard InChI is InChI=1S/C17H24N2O/c1-17(14-18)9-5-10-19(15-17)11-6-12-20-13-16-7-3-2-4-8-16/h2-4,7-8H,5-6,9-13,15H2,1H3. The minimum atomic E-state index is -0.150. The lowest BCUT2D eigenvalue weighted by molar-refractivity contribution is 0.0923. The molecule has 0 spiro atoms. The monoisotopic (exact) mass is 272 g/mol. The van der Waals surface area contributed by atoms with Gasteiger partial charge in [0, 0.05) is 19.7 Å². The molecule has 1 saturated heterocycles. The maximum atomic E-state index is 9.20. The van der Waals surface area contributed by atoms with E-state index in [1.807, 2.05) is 18.2 Å². The first-order chi connectivity index (χ1) is 9.72. The Balaban J connectivity index is 1.61. The third kappa shape index (κ3) is 4.63. The van der Waals surface area contributed by atoms with Gasteiger partial charge in [-0.1, -0.05) is 30.3 Å². The van der Waals surface area contributed by atoms with Crippen LogP contribution in [0.1, 0.15) is 31.7 Å². The van der Waals surface area contributed by atoms with Gasteiger partial charge in [0.2, 0.25) is 0 Å². The number of hydrogen-bond donors (Lipinski definition) is 0. The number of nitrogens with zero attached hydrogens (tertiary/aromatic N) is 2. The summed E-state index contributed by atoms with van der Waals surface area (Å²) in [5.41, 5.74) is 1.07. The van der Waals surface area contributed by atoms with Gasteiger partial charge in [-0.2, -0.15) is 5.26 Å². The molecule has 0 N–H and O–H groups in total. The molecule has 1 atom stereocenters. The van der Waals surface area contributed by atoms with Crippen molar-refractivity contribution in [2.75, 3.05) is 26.2 Å². The van der Waals surface area contributed by atoms with Crippen LogP contribution in [0.15, 0.2) is 30.3 Å². The van der Waals surface area contributed by atoms with Crippen molar-refractivity contribution in [3.05, 3.63) is 35.9 Å². The van der Waals surface area contributed by atoms with E-state index in [2.05, 4.69) is 30.0 Å². The molecule has 2 rings (SSSR count). The van der Waals surface area contributed by atoms with Crippen LogP contribution in [0.3, 0.4) is 0 Å². The molecule has 0 aromatic heterocycles. The summed E-state index contributed by atoms with van der Waals surface area (Å²) in [6, 6.07) is 12.7. The highest BCUT2D eigenvalue weighted by atomic mass is 16.5. The fraction of sp³-hybridized carbons (Fsp3) is 0.588. The van der Waals surface area contributed by atoms with Crippen molar-refractivity contribution in [2.45, 2.75) is 32.8 Å². The maximum Gasteiger partial charge on any atom is 0.0716 e.